The second kappa shape index (κ2) is 9.84. The second-order valence-electron chi connectivity index (χ2n) is 7.76. The summed E-state index contributed by atoms with van der Waals surface area (Å²) in [5.41, 5.74) is 1.04. The minimum atomic E-state index is -0.156. The van der Waals surface area contributed by atoms with Gasteiger partial charge in [0.05, 0.1) is 0 Å². The first-order chi connectivity index (χ1) is 13.6. The highest BCUT2D eigenvalue weighted by atomic mass is 35.5. The van der Waals surface area contributed by atoms with Crippen LogP contribution in [0.3, 0.4) is 0 Å². The standard InChI is InChI=1S/C20H26N6O2.ClH/c27-18(10-15-8-16-6-7-17(9-15)23-16)24-20-22-13-26(25-20)12-19(28)21-11-14-4-2-1-3-5-14;/h1-5,13,15-17,23H,6-12H2,(H,21,28)(H,24,25,27);1H. The summed E-state index contributed by atoms with van der Waals surface area (Å²) >= 11 is 0. The van der Waals surface area contributed by atoms with E-state index in [9.17, 15) is 9.59 Å². The highest BCUT2D eigenvalue weighted by Crippen LogP contribution is 2.32. The molecule has 156 valence electrons. The molecule has 0 saturated carbocycles. The third kappa shape index (κ3) is 6.01. The van der Waals surface area contributed by atoms with Gasteiger partial charge >= 0.3 is 0 Å². The van der Waals surface area contributed by atoms with Gasteiger partial charge < -0.3 is 10.6 Å². The van der Waals surface area contributed by atoms with Crippen molar-refractivity contribution in [2.45, 2.75) is 57.3 Å². The fourth-order valence-corrected chi connectivity index (χ4v) is 4.21. The van der Waals surface area contributed by atoms with Gasteiger partial charge in [0.1, 0.15) is 12.9 Å². The predicted molar refractivity (Wildman–Crippen MR) is 111 cm³/mol. The smallest absolute Gasteiger partial charge is 0.248 e. The molecule has 2 bridgehead atoms. The first kappa shape index (κ1) is 21.3. The van der Waals surface area contributed by atoms with E-state index < -0.39 is 0 Å². The van der Waals surface area contributed by atoms with Crippen LogP contribution in [0, 0.1) is 5.92 Å². The number of anilines is 1. The average molecular weight is 419 g/mol. The van der Waals surface area contributed by atoms with Crippen LogP contribution < -0.4 is 16.0 Å². The molecule has 0 spiro atoms. The van der Waals surface area contributed by atoms with Crippen LogP contribution in [0.5, 0.6) is 0 Å². The summed E-state index contributed by atoms with van der Waals surface area (Å²) in [6, 6.07) is 10.9. The maximum Gasteiger partial charge on any atom is 0.248 e. The van der Waals surface area contributed by atoms with Crippen LogP contribution in [0.1, 0.15) is 37.7 Å². The Morgan fingerprint density at radius 3 is 2.55 bits per heavy atom. The van der Waals surface area contributed by atoms with Gasteiger partial charge in [0, 0.05) is 25.0 Å². The Labute approximate surface area is 176 Å². The van der Waals surface area contributed by atoms with Crippen molar-refractivity contribution in [3.8, 4) is 0 Å². The van der Waals surface area contributed by atoms with E-state index in [-0.39, 0.29) is 36.7 Å². The van der Waals surface area contributed by atoms with Gasteiger partial charge in [-0.15, -0.1) is 17.5 Å². The van der Waals surface area contributed by atoms with E-state index in [2.05, 4.69) is 26.0 Å². The molecule has 2 amide bonds. The molecule has 2 atom stereocenters. The normalized spacial score (nSPS) is 22.6. The summed E-state index contributed by atoms with van der Waals surface area (Å²) < 4.78 is 1.43. The highest BCUT2D eigenvalue weighted by molar-refractivity contribution is 5.89. The number of aromatic nitrogens is 3. The van der Waals surface area contributed by atoms with Crippen molar-refractivity contribution in [2.24, 2.45) is 5.92 Å². The number of benzene rings is 1. The molecular formula is C20H27ClN6O2. The van der Waals surface area contributed by atoms with Gasteiger partial charge in [0.25, 0.3) is 0 Å². The molecule has 9 heteroatoms. The first-order valence-corrected chi connectivity index (χ1v) is 9.90. The van der Waals surface area contributed by atoms with Crippen molar-refractivity contribution >= 4 is 30.2 Å². The Hall–Kier alpha value is -2.45. The lowest BCUT2D eigenvalue weighted by molar-refractivity contribution is -0.122. The van der Waals surface area contributed by atoms with E-state index in [0.29, 0.717) is 31.0 Å². The van der Waals surface area contributed by atoms with Crippen molar-refractivity contribution in [2.75, 3.05) is 5.32 Å². The summed E-state index contributed by atoms with van der Waals surface area (Å²) in [5.74, 6) is 0.455. The van der Waals surface area contributed by atoms with Crippen molar-refractivity contribution in [1.29, 1.82) is 0 Å². The molecule has 1 aromatic heterocycles. The fourth-order valence-electron chi connectivity index (χ4n) is 4.21. The zero-order chi connectivity index (χ0) is 19.3. The average Bonchev–Trinajstić information content (AvgIpc) is 3.26. The number of hydrogen-bond donors (Lipinski definition) is 3. The Kier molecular flexibility index (Phi) is 7.22. The first-order valence-electron chi connectivity index (χ1n) is 9.90. The van der Waals surface area contributed by atoms with Gasteiger partial charge in [-0.25, -0.2) is 9.67 Å². The van der Waals surface area contributed by atoms with Gasteiger partial charge in [-0.1, -0.05) is 30.3 Å². The van der Waals surface area contributed by atoms with Gasteiger partial charge in [0.15, 0.2) is 0 Å². The maximum atomic E-state index is 12.3. The molecule has 4 rings (SSSR count). The van der Waals surface area contributed by atoms with Gasteiger partial charge in [-0.3, -0.25) is 14.9 Å². The zero-order valence-corrected chi connectivity index (χ0v) is 17.0. The molecule has 3 heterocycles. The maximum absolute atomic E-state index is 12.3. The number of rotatable bonds is 7. The predicted octanol–water partition coefficient (Wildman–Crippen LogP) is 1.88. The molecule has 29 heavy (non-hydrogen) atoms. The van der Waals surface area contributed by atoms with Crippen LogP contribution in [0.2, 0.25) is 0 Å². The van der Waals surface area contributed by atoms with E-state index in [4.69, 9.17) is 0 Å². The number of hydrogen-bond acceptors (Lipinski definition) is 5. The summed E-state index contributed by atoms with van der Waals surface area (Å²) in [6.07, 6.45) is 6.53. The van der Waals surface area contributed by atoms with Crippen LogP contribution in [-0.4, -0.2) is 38.7 Å². The lowest BCUT2D eigenvalue weighted by Gasteiger charge is -2.28. The van der Waals surface area contributed by atoms with Gasteiger partial charge in [0.2, 0.25) is 17.8 Å². The Balaban J connectivity index is 0.00000240. The lowest BCUT2D eigenvalue weighted by Crippen LogP contribution is -2.39. The molecule has 0 aliphatic carbocycles. The SMILES string of the molecule is Cl.O=C(Cn1cnc(NC(=O)CC2CC3CCC(C2)N3)n1)NCc1ccccc1. The van der Waals surface area contributed by atoms with E-state index in [1.54, 1.807) is 0 Å². The molecule has 0 radical (unpaired) electrons. The van der Waals surface area contributed by atoms with E-state index in [1.165, 1.54) is 23.9 Å². The lowest BCUT2D eigenvalue weighted by atomic mass is 9.89. The number of nitrogens with zero attached hydrogens (tertiary/aromatic N) is 3. The largest absolute Gasteiger partial charge is 0.350 e. The van der Waals surface area contributed by atoms with Crippen molar-refractivity contribution in [3.63, 3.8) is 0 Å². The summed E-state index contributed by atoms with van der Waals surface area (Å²) in [7, 11) is 0. The minimum absolute atomic E-state index is 0. The number of amides is 2. The summed E-state index contributed by atoms with van der Waals surface area (Å²) in [4.78, 5) is 28.4. The molecule has 2 aliphatic heterocycles. The van der Waals surface area contributed by atoms with Crippen LogP contribution >= 0.6 is 12.4 Å². The molecule has 8 nitrogen and oxygen atoms in total. The molecule has 1 aromatic carbocycles. The Morgan fingerprint density at radius 2 is 1.83 bits per heavy atom. The summed E-state index contributed by atoms with van der Waals surface area (Å²) in [5, 5.41) is 13.4. The quantitative estimate of drug-likeness (QED) is 0.637. The van der Waals surface area contributed by atoms with Gasteiger partial charge in [-0.05, 0) is 37.2 Å². The number of carbonyl (C=O) groups excluding carboxylic acids is 2. The molecule has 3 N–H and O–H groups in total. The number of fused-ring (bicyclic) bond motifs is 2. The van der Waals surface area contributed by atoms with Crippen molar-refractivity contribution in [1.82, 2.24) is 25.4 Å². The van der Waals surface area contributed by atoms with Crippen molar-refractivity contribution < 1.29 is 9.59 Å². The van der Waals surface area contributed by atoms with Crippen LogP contribution in [0.25, 0.3) is 0 Å². The Bertz CT molecular complexity index is 815. The van der Waals surface area contributed by atoms with Crippen LogP contribution in [0.15, 0.2) is 36.7 Å². The molecule has 2 aliphatic rings. The van der Waals surface area contributed by atoms with Gasteiger partial charge in [-0.2, -0.15) is 0 Å². The van der Waals surface area contributed by atoms with E-state index >= 15 is 0 Å². The van der Waals surface area contributed by atoms with Crippen LogP contribution in [-0.2, 0) is 22.7 Å². The molecule has 2 saturated heterocycles. The topological polar surface area (TPSA) is 101 Å². The van der Waals surface area contributed by atoms with E-state index in [1.807, 2.05) is 30.3 Å². The third-order valence-corrected chi connectivity index (χ3v) is 5.47. The third-order valence-electron chi connectivity index (χ3n) is 5.47. The molecule has 2 fully saturated rings. The fraction of sp³-hybridized carbons (Fsp3) is 0.500. The second-order valence-corrected chi connectivity index (χ2v) is 7.76. The number of carbonyl (C=O) groups is 2. The number of piperidine rings is 1. The summed E-state index contributed by atoms with van der Waals surface area (Å²) in [6.45, 7) is 0.531. The molecule has 2 aromatic rings. The molecular weight excluding hydrogens is 392 g/mol. The Morgan fingerprint density at radius 1 is 1.10 bits per heavy atom. The van der Waals surface area contributed by atoms with E-state index in [0.717, 1.165) is 18.4 Å². The number of nitrogens with one attached hydrogen (secondary N) is 3. The minimum Gasteiger partial charge on any atom is -0.350 e. The zero-order valence-electron chi connectivity index (χ0n) is 16.2. The number of halogens is 1. The monoisotopic (exact) mass is 418 g/mol. The molecule has 2 unspecified atom stereocenters. The highest BCUT2D eigenvalue weighted by Gasteiger charge is 2.34. The van der Waals surface area contributed by atoms with Crippen molar-refractivity contribution in [3.05, 3.63) is 42.2 Å². The van der Waals surface area contributed by atoms with Crippen LogP contribution in [0.4, 0.5) is 5.95 Å².